The molecule has 2 N–H and O–H groups in total. The van der Waals surface area contributed by atoms with Gasteiger partial charge < -0.3 is 15.4 Å². The monoisotopic (exact) mass is 252 g/mol. The Morgan fingerprint density at radius 1 is 1.56 bits per heavy atom. The summed E-state index contributed by atoms with van der Waals surface area (Å²) >= 11 is 0. The van der Waals surface area contributed by atoms with Gasteiger partial charge >= 0.3 is 0 Å². The summed E-state index contributed by atoms with van der Waals surface area (Å²) in [5.41, 5.74) is 1.51. The lowest BCUT2D eigenvalue weighted by Gasteiger charge is -2.27. The van der Waals surface area contributed by atoms with Gasteiger partial charge in [0.2, 0.25) is 0 Å². The molecule has 0 spiro atoms. The van der Waals surface area contributed by atoms with Gasteiger partial charge in [-0.05, 0) is 38.0 Å². The van der Waals surface area contributed by atoms with Crippen LogP contribution in [0.4, 0.5) is 10.1 Å². The number of morpholine rings is 1. The van der Waals surface area contributed by atoms with Crippen molar-refractivity contribution >= 4 is 5.69 Å². The molecule has 3 nitrogen and oxygen atoms in total. The molecule has 1 aliphatic heterocycles. The molecule has 0 aliphatic carbocycles. The maximum atomic E-state index is 13.4. The summed E-state index contributed by atoms with van der Waals surface area (Å²) < 4.78 is 18.8. The minimum atomic E-state index is -0.161. The van der Waals surface area contributed by atoms with Gasteiger partial charge in [0.1, 0.15) is 5.82 Å². The molecule has 1 heterocycles. The maximum Gasteiger partial charge on any atom is 0.128 e. The Bertz CT molecular complexity index is 391. The standard InChI is InChI=1S/C14H21FN2O/c1-10-3-4-12(8-14(10)15)17-11(2)7-13-9-18-6-5-16-13/h3-4,8,11,13,16-17H,5-7,9H2,1-2H3. The van der Waals surface area contributed by atoms with Crippen molar-refractivity contribution in [3.63, 3.8) is 0 Å². The van der Waals surface area contributed by atoms with Crippen LogP contribution in [0.2, 0.25) is 0 Å². The van der Waals surface area contributed by atoms with Gasteiger partial charge in [-0.3, -0.25) is 0 Å². The Balaban J connectivity index is 1.85. The first-order valence-electron chi connectivity index (χ1n) is 6.49. The van der Waals surface area contributed by atoms with Crippen molar-refractivity contribution in [2.45, 2.75) is 32.4 Å². The van der Waals surface area contributed by atoms with E-state index in [-0.39, 0.29) is 11.9 Å². The highest BCUT2D eigenvalue weighted by molar-refractivity contribution is 5.45. The molecular formula is C14H21FN2O. The number of nitrogens with one attached hydrogen (secondary N) is 2. The summed E-state index contributed by atoms with van der Waals surface area (Å²) in [4.78, 5) is 0. The lowest BCUT2D eigenvalue weighted by atomic mass is 10.1. The van der Waals surface area contributed by atoms with E-state index in [2.05, 4.69) is 17.6 Å². The molecule has 1 fully saturated rings. The Labute approximate surface area is 108 Å². The Morgan fingerprint density at radius 2 is 2.39 bits per heavy atom. The van der Waals surface area contributed by atoms with Crippen LogP contribution in [0.3, 0.4) is 0 Å². The molecule has 1 saturated heterocycles. The van der Waals surface area contributed by atoms with Crippen LogP contribution in [0.5, 0.6) is 0 Å². The normalized spacial score (nSPS) is 21.6. The predicted octanol–water partition coefficient (Wildman–Crippen LogP) is 2.31. The van der Waals surface area contributed by atoms with Crippen LogP contribution >= 0.6 is 0 Å². The minimum absolute atomic E-state index is 0.161. The van der Waals surface area contributed by atoms with Crippen LogP contribution in [-0.4, -0.2) is 31.8 Å². The molecule has 2 rings (SSSR count). The first-order valence-corrected chi connectivity index (χ1v) is 6.49. The maximum absolute atomic E-state index is 13.4. The number of halogens is 1. The molecule has 4 heteroatoms. The van der Waals surface area contributed by atoms with Crippen molar-refractivity contribution < 1.29 is 9.13 Å². The number of anilines is 1. The van der Waals surface area contributed by atoms with Crippen LogP contribution in [0, 0.1) is 12.7 Å². The summed E-state index contributed by atoms with van der Waals surface area (Å²) in [7, 11) is 0. The molecule has 1 aliphatic rings. The Morgan fingerprint density at radius 3 is 3.06 bits per heavy atom. The first-order chi connectivity index (χ1) is 8.65. The quantitative estimate of drug-likeness (QED) is 0.862. The van der Waals surface area contributed by atoms with Gasteiger partial charge in [0.15, 0.2) is 0 Å². The van der Waals surface area contributed by atoms with Crippen LogP contribution in [0.1, 0.15) is 18.9 Å². The number of hydrogen-bond acceptors (Lipinski definition) is 3. The van der Waals surface area contributed by atoms with E-state index in [4.69, 9.17) is 4.74 Å². The zero-order valence-electron chi connectivity index (χ0n) is 11.0. The first kappa shape index (κ1) is 13.3. The highest BCUT2D eigenvalue weighted by Gasteiger charge is 2.16. The van der Waals surface area contributed by atoms with Crippen molar-refractivity contribution in [2.24, 2.45) is 0 Å². The number of hydrogen-bond donors (Lipinski definition) is 2. The van der Waals surface area contributed by atoms with Crippen molar-refractivity contribution in [3.8, 4) is 0 Å². The van der Waals surface area contributed by atoms with E-state index in [0.29, 0.717) is 11.6 Å². The highest BCUT2D eigenvalue weighted by atomic mass is 19.1. The van der Waals surface area contributed by atoms with Gasteiger partial charge in [-0.25, -0.2) is 4.39 Å². The molecule has 2 unspecified atom stereocenters. The highest BCUT2D eigenvalue weighted by Crippen LogP contribution is 2.16. The van der Waals surface area contributed by atoms with Gasteiger partial charge in [0, 0.05) is 24.3 Å². The molecule has 100 valence electrons. The average molecular weight is 252 g/mol. The molecule has 0 bridgehead atoms. The molecule has 0 amide bonds. The van der Waals surface area contributed by atoms with Gasteiger partial charge in [-0.1, -0.05) is 6.07 Å². The van der Waals surface area contributed by atoms with E-state index in [9.17, 15) is 4.39 Å². The van der Waals surface area contributed by atoms with E-state index < -0.39 is 0 Å². The third-order valence-electron chi connectivity index (χ3n) is 3.22. The number of rotatable bonds is 4. The molecule has 0 radical (unpaired) electrons. The summed E-state index contributed by atoms with van der Waals surface area (Å²) in [6.07, 6.45) is 0.968. The fraction of sp³-hybridized carbons (Fsp3) is 0.571. The second kappa shape index (κ2) is 6.16. The van der Waals surface area contributed by atoms with E-state index in [0.717, 1.165) is 31.9 Å². The molecule has 1 aromatic rings. The second-order valence-electron chi connectivity index (χ2n) is 4.97. The van der Waals surface area contributed by atoms with E-state index in [1.807, 2.05) is 6.07 Å². The summed E-state index contributed by atoms with van der Waals surface area (Å²) in [6, 6.07) is 5.94. The Hall–Kier alpha value is -1.13. The summed E-state index contributed by atoms with van der Waals surface area (Å²) in [5.74, 6) is -0.161. The fourth-order valence-corrected chi connectivity index (χ4v) is 2.22. The van der Waals surface area contributed by atoms with Crippen molar-refractivity contribution in [2.75, 3.05) is 25.1 Å². The fourth-order valence-electron chi connectivity index (χ4n) is 2.22. The van der Waals surface area contributed by atoms with Crippen molar-refractivity contribution in [1.29, 1.82) is 0 Å². The van der Waals surface area contributed by atoms with Gasteiger partial charge in [0.25, 0.3) is 0 Å². The van der Waals surface area contributed by atoms with Crippen LogP contribution < -0.4 is 10.6 Å². The Kier molecular flexibility index (Phi) is 4.55. The SMILES string of the molecule is Cc1ccc(NC(C)CC2COCCN2)cc1F. The van der Waals surface area contributed by atoms with Gasteiger partial charge in [-0.15, -0.1) is 0 Å². The molecule has 1 aromatic carbocycles. The predicted molar refractivity (Wildman–Crippen MR) is 71.4 cm³/mol. The smallest absolute Gasteiger partial charge is 0.128 e. The van der Waals surface area contributed by atoms with Crippen LogP contribution in [-0.2, 0) is 4.74 Å². The lowest BCUT2D eigenvalue weighted by molar-refractivity contribution is 0.0731. The van der Waals surface area contributed by atoms with Gasteiger partial charge in [-0.2, -0.15) is 0 Å². The van der Waals surface area contributed by atoms with Crippen LogP contribution in [0.25, 0.3) is 0 Å². The third-order valence-corrected chi connectivity index (χ3v) is 3.22. The largest absolute Gasteiger partial charge is 0.382 e. The summed E-state index contributed by atoms with van der Waals surface area (Å²) in [6.45, 7) is 6.34. The third kappa shape index (κ3) is 3.68. The topological polar surface area (TPSA) is 33.3 Å². The van der Waals surface area contributed by atoms with E-state index in [1.165, 1.54) is 0 Å². The number of aryl methyl sites for hydroxylation is 1. The minimum Gasteiger partial charge on any atom is -0.382 e. The summed E-state index contributed by atoms with van der Waals surface area (Å²) in [5, 5.41) is 6.74. The number of ether oxygens (including phenoxy) is 1. The van der Waals surface area contributed by atoms with Crippen molar-refractivity contribution in [1.82, 2.24) is 5.32 Å². The average Bonchev–Trinajstić information content (AvgIpc) is 2.35. The lowest BCUT2D eigenvalue weighted by Crippen LogP contribution is -2.43. The molecule has 18 heavy (non-hydrogen) atoms. The van der Waals surface area contributed by atoms with E-state index in [1.54, 1.807) is 19.1 Å². The van der Waals surface area contributed by atoms with E-state index >= 15 is 0 Å². The molecule has 2 atom stereocenters. The molecule has 0 aromatic heterocycles. The zero-order valence-corrected chi connectivity index (χ0v) is 11.0. The van der Waals surface area contributed by atoms with Crippen LogP contribution in [0.15, 0.2) is 18.2 Å². The van der Waals surface area contributed by atoms with Gasteiger partial charge in [0.05, 0.1) is 13.2 Å². The van der Waals surface area contributed by atoms with Crippen molar-refractivity contribution in [3.05, 3.63) is 29.6 Å². The number of benzene rings is 1. The second-order valence-corrected chi connectivity index (χ2v) is 4.97. The molecule has 0 saturated carbocycles. The zero-order chi connectivity index (χ0) is 13.0. The molecular weight excluding hydrogens is 231 g/mol.